The van der Waals surface area contributed by atoms with Crippen LogP contribution < -0.4 is 20.1 Å². The van der Waals surface area contributed by atoms with E-state index in [-0.39, 0.29) is 10.8 Å². The zero-order valence-corrected chi connectivity index (χ0v) is 17.2. The first-order valence-corrected chi connectivity index (χ1v) is 9.34. The van der Waals surface area contributed by atoms with Crippen molar-refractivity contribution in [3.8, 4) is 11.5 Å². The molecule has 0 spiro atoms. The number of imide groups is 1. The van der Waals surface area contributed by atoms with Gasteiger partial charge >= 0.3 is 12.6 Å². The highest BCUT2D eigenvalue weighted by atomic mass is 35.5. The maximum absolute atomic E-state index is 12.9. The van der Waals surface area contributed by atoms with Crippen molar-refractivity contribution >= 4 is 35.1 Å². The Balaban J connectivity index is 1.70. The highest BCUT2D eigenvalue weighted by molar-refractivity contribution is 6.32. The van der Waals surface area contributed by atoms with Crippen LogP contribution in [-0.2, 0) is 15.1 Å². The van der Waals surface area contributed by atoms with E-state index in [1.807, 2.05) is 0 Å². The van der Waals surface area contributed by atoms with E-state index in [1.165, 1.54) is 44.4 Å². The van der Waals surface area contributed by atoms with Crippen LogP contribution in [0.4, 0.5) is 19.3 Å². The van der Waals surface area contributed by atoms with E-state index in [1.54, 1.807) is 12.1 Å². The van der Waals surface area contributed by atoms with Gasteiger partial charge in [0.25, 0.3) is 5.91 Å². The van der Waals surface area contributed by atoms with Gasteiger partial charge in [0.2, 0.25) is 5.91 Å². The monoisotopic (exact) mass is 453 g/mol. The first-order chi connectivity index (χ1) is 14.6. The number of urea groups is 1. The summed E-state index contributed by atoms with van der Waals surface area (Å²) in [7, 11) is 1.45. The Morgan fingerprint density at radius 1 is 1.23 bits per heavy atom. The summed E-state index contributed by atoms with van der Waals surface area (Å²) in [5.41, 5.74) is -0.762. The first kappa shape index (κ1) is 22.3. The SMILES string of the molecule is COc1ccc(NC(=O)CN2C(=O)N[C@@](C)(c3ccc(OC(F)F)cc3)C2=O)cc1Cl. The zero-order valence-electron chi connectivity index (χ0n) is 16.4. The number of alkyl halides is 2. The second-order valence-electron chi connectivity index (χ2n) is 6.75. The molecule has 0 bridgehead atoms. The topological polar surface area (TPSA) is 97.0 Å². The molecule has 0 unspecified atom stereocenters. The Bertz CT molecular complexity index is 1020. The molecule has 31 heavy (non-hydrogen) atoms. The van der Waals surface area contributed by atoms with Crippen molar-refractivity contribution < 1.29 is 32.6 Å². The van der Waals surface area contributed by atoms with Gasteiger partial charge in [-0.3, -0.25) is 14.5 Å². The lowest BCUT2D eigenvalue weighted by atomic mass is 9.92. The van der Waals surface area contributed by atoms with Crippen LogP contribution in [0.3, 0.4) is 0 Å². The summed E-state index contributed by atoms with van der Waals surface area (Å²) >= 11 is 6.02. The molecular weight excluding hydrogens is 436 g/mol. The molecule has 8 nitrogen and oxygen atoms in total. The van der Waals surface area contributed by atoms with Gasteiger partial charge < -0.3 is 20.1 Å². The van der Waals surface area contributed by atoms with Gasteiger partial charge in [0.1, 0.15) is 23.6 Å². The van der Waals surface area contributed by atoms with Gasteiger partial charge in [-0.05, 0) is 42.8 Å². The van der Waals surface area contributed by atoms with Crippen LogP contribution in [0.25, 0.3) is 0 Å². The number of hydrogen-bond donors (Lipinski definition) is 2. The lowest BCUT2D eigenvalue weighted by molar-refractivity contribution is -0.133. The van der Waals surface area contributed by atoms with Gasteiger partial charge in [0.15, 0.2) is 0 Å². The fraction of sp³-hybridized carbons (Fsp3) is 0.250. The number of halogens is 3. The molecule has 1 aliphatic rings. The van der Waals surface area contributed by atoms with Crippen LogP contribution in [0.1, 0.15) is 12.5 Å². The maximum atomic E-state index is 12.9. The molecule has 11 heteroatoms. The molecular formula is C20H18ClF2N3O5. The Hall–Kier alpha value is -3.40. The van der Waals surface area contributed by atoms with Crippen molar-refractivity contribution in [3.63, 3.8) is 0 Å². The third kappa shape index (κ3) is 4.69. The van der Waals surface area contributed by atoms with Crippen LogP contribution >= 0.6 is 11.6 Å². The van der Waals surface area contributed by atoms with Crippen molar-refractivity contribution in [1.29, 1.82) is 0 Å². The molecule has 1 saturated heterocycles. The molecule has 2 aromatic carbocycles. The number of amides is 4. The van der Waals surface area contributed by atoms with Crippen molar-refractivity contribution in [1.82, 2.24) is 10.2 Å². The summed E-state index contributed by atoms with van der Waals surface area (Å²) in [6.45, 7) is -2.06. The molecule has 0 aliphatic carbocycles. The molecule has 4 amide bonds. The summed E-state index contributed by atoms with van der Waals surface area (Å²) in [5.74, 6) is -0.944. The van der Waals surface area contributed by atoms with Crippen LogP contribution in [0, 0.1) is 0 Å². The van der Waals surface area contributed by atoms with E-state index in [4.69, 9.17) is 16.3 Å². The van der Waals surface area contributed by atoms with Crippen molar-refractivity contribution in [2.45, 2.75) is 19.1 Å². The second-order valence-corrected chi connectivity index (χ2v) is 7.15. The maximum Gasteiger partial charge on any atom is 0.387 e. The van der Waals surface area contributed by atoms with Gasteiger partial charge in [0.05, 0.1) is 12.1 Å². The summed E-state index contributed by atoms with van der Waals surface area (Å²) in [5, 5.41) is 5.37. The van der Waals surface area contributed by atoms with Crippen molar-refractivity contribution in [2.75, 3.05) is 19.0 Å². The molecule has 1 heterocycles. The normalized spacial score (nSPS) is 18.2. The highest BCUT2D eigenvalue weighted by Crippen LogP contribution is 2.31. The Labute approximate surface area is 181 Å². The lowest BCUT2D eigenvalue weighted by Gasteiger charge is -2.22. The van der Waals surface area contributed by atoms with E-state index in [9.17, 15) is 23.2 Å². The van der Waals surface area contributed by atoms with Gasteiger partial charge in [0, 0.05) is 5.69 Å². The number of carbonyl (C=O) groups excluding carboxylic acids is 3. The number of carbonyl (C=O) groups is 3. The van der Waals surface area contributed by atoms with Crippen LogP contribution in [0.15, 0.2) is 42.5 Å². The van der Waals surface area contributed by atoms with Crippen LogP contribution in [0.2, 0.25) is 5.02 Å². The number of ether oxygens (including phenoxy) is 2. The number of hydrogen-bond acceptors (Lipinski definition) is 5. The number of methoxy groups -OCH3 is 1. The standard InChI is InChI=1S/C20H18ClF2N3O5/c1-20(11-3-6-13(7-4-11)31-18(22)23)17(28)26(19(29)25-20)10-16(27)24-12-5-8-15(30-2)14(21)9-12/h3-9,18H,10H2,1-2H3,(H,24,27)(H,25,29)/t20-/m0/s1. The van der Waals surface area contributed by atoms with Gasteiger partial charge in [-0.25, -0.2) is 4.79 Å². The molecule has 1 aliphatic heterocycles. The average molecular weight is 454 g/mol. The van der Waals surface area contributed by atoms with Gasteiger partial charge in [-0.15, -0.1) is 0 Å². The molecule has 164 valence electrons. The molecule has 2 aromatic rings. The predicted octanol–water partition coefficient (Wildman–Crippen LogP) is 3.36. The largest absolute Gasteiger partial charge is 0.495 e. The van der Waals surface area contributed by atoms with E-state index >= 15 is 0 Å². The fourth-order valence-electron chi connectivity index (χ4n) is 3.09. The molecule has 0 radical (unpaired) electrons. The van der Waals surface area contributed by atoms with Crippen LogP contribution in [-0.4, -0.2) is 43.0 Å². The predicted molar refractivity (Wildman–Crippen MR) is 107 cm³/mol. The summed E-state index contributed by atoms with van der Waals surface area (Å²) in [4.78, 5) is 38.4. The summed E-state index contributed by atoms with van der Waals surface area (Å²) in [6.07, 6.45) is 0. The smallest absolute Gasteiger partial charge is 0.387 e. The highest BCUT2D eigenvalue weighted by Gasteiger charge is 2.49. The van der Waals surface area contributed by atoms with E-state index in [0.717, 1.165) is 4.90 Å². The Kier molecular flexibility index (Phi) is 6.30. The third-order valence-electron chi connectivity index (χ3n) is 4.67. The van der Waals surface area contributed by atoms with E-state index < -0.39 is 36.5 Å². The zero-order chi connectivity index (χ0) is 22.8. The van der Waals surface area contributed by atoms with Gasteiger partial charge in [-0.1, -0.05) is 23.7 Å². The molecule has 2 N–H and O–H groups in total. The molecule has 0 aromatic heterocycles. The minimum absolute atomic E-state index is 0.0893. The third-order valence-corrected chi connectivity index (χ3v) is 4.96. The first-order valence-electron chi connectivity index (χ1n) is 8.97. The molecule has 1 fully saturated rings. The molecule has 0 saturated carbocycles. The van der Waals surface area contributed by atoms with Crippen molar-refractivity contribution in [2.24, 2.45) is 0 Å². The minimum atomic E-state index is -2.98. The average Bonchev–Trinajstić information content (AvgIpc) is 2.92. The molecule has 3 rings (SSSR count). The quantitative estimate of drug-likeness (QED) is 0.627. The van der Waals surface area contributed by atoms with Crippen LogP contribution in [0.5, 0.6) is 11.5 Å². The fourth-order valence-corrected chi connectivity index (χ4v) is 3.35. The number of nitrogens with zero attached hydrogens (tertiary/aromatic N) is 1. The van der Waals surface area contributed by atoms with E-state index in [0.29, 0.717) is 17.0 Å². The van der Waals surface area contributed by atoms with Gasteiger partial charge in [-0.2, -0.15) is 8.78 Å². The molecule has 1 atom stereocenters. The minimum Gasteiger partial charge on any atom is -0.495 e. The number of nitrogens with one attached hydrogen (secondary N) is 2. The Morgan fingerprint density at radius 2 is 1.90 bits per heavy atom. The number of benzene rings is 2. The number of anilines is 1. The lowest BCUT2D eigenvalue weighted by Crippen LogP contribution is -2.42. The van der Waals surface area contributed by atoms with Crippen molar-refractivity contribution in [3.05, 3.63) is 53.1 Å². The van der Waals surface area contributed by atoms with E-state index in [2.05, 4.69) is 15.4 Å². The Morgan fingerprint density at radius 3 is 2.48 bits per heavy atom. The number of rotatable bonds is 7. The summed E-state index contributed by atoms with van der Waals surface area (Å²) < 4.78 is 33.9. The second kappa shape index (κ2) is 8.76. The summed E-state index contributed by atoms with van der Waals surface area (Å²) in [6, 6.07) is 9.12.